The molecule has 1 aliphatic rings. The molecule has 110 valence electrons. The van der Waals surface area contributed by atoms with Gasteiger partial charge >= 0.3 is 0 Å². The van der Waals surface area contributed by atoms with Crippen molar-refractivity contribution in [3.63, 3.8) is 0 Å². The molecule has 1 aromatic rings. The maximum Gasteiger partial charge on any atom is 0.221 e. The van der Waals surface area contributed by atoms with Crippen molar-refractivity contribution in [2.45, 2.75) is 51.6 Å². The molecule has 4 nitrogen and oxygen atoms in total. The Hall–Kier alpha value is -1.55. The van der Waals surface area contributed by atoms with Crippen LogP contribution < -0.4 is 10.6 Å². The van der Waals surface area contributed by atoms with Gasteiger partial charge < -0.3 is 15.7 Å². The van der Waals surface area contributed by atoms with Crippen LogP contribution in [0.15, 0.2) is 18.2 Å². The summed E-state index contributed by atoms with van der Waals surface area (Å²) >= 11 is 0. The SMILES string of the molecule is CC(C)(C)NC(=O)CCNC1CCc2c(O)cccc21. The van der Waals surface area contributed by atoms with Crippen molar-refractivity contribution in [3.8, 4) is 5.75 Å². The van der Waals surface area contributed by atoms with E-state index < -0.39 is 0 Å². The highest BCUT2D eigenvalue weighted by molar-refractivity contribution is 5.76. The number of benzene rings is 1. The molecule has 0 bridgehead atoms. The Morgan fingerprint density at radius 2 is 2.15 bits per heavy atom. The summed E-state index contributed by atoms with van der Waals surface area (Å²) in [5.74, 6) is 0.455. The Balaban J connectivity index is 1.83. The van der Waals surface area contributed by atoms with Crippen molar-refractivity contribution < 1.29 is 9.90 Å². The number of aromatic hydroxyl groups is 1. The van der Waals surface area contributed by atoms with E-state index in [1.165, 1.54) is 5.56 Å². The fourth-order valence-electron chi connectivity index (χ4n) is 2.69. The summed E-state index contributed by atoms with van der Waals surface area (Å²) in [7, 11) is 0. The molecule has 0 saturated heterocycles. The Morgan fingerprint density at radius 1 is 1.40 bits per heavy atom. The highest BCUT2D eigenvalue weighted by atomic mass is 16.3. The third-order valence-corrected chi connectivity index (χ3v) is 3.50. The van der Waals surface area contributed by atoms with Gasteiger partial charge in [-0.1, -0.05) is 12.1 Å². The predicted octanol–water partition coefficient (Wildman–Crippen LogP) is 2.27. The number of phenolic OH excluding ortho intramolecular Hbond substituents is 1. The molecule has 2 rings (SSSR count). The molecule has 0 aliphatic heterocycles. The minimum atomic E-state index is -0.178. The van der Waals surface area contributed by atoms with Gasteiger partial charge in [0.05, 0.1) is 0 Å². The van der Waals surface area contributed by atoms with Crippen molar-refractivity contribution in [1.29, 1.82) is 0 Å². The van der Waals surface area contributed by atoms with Gasteiger partial charge in [-0.2, -0.15) is 0 Å². The first-order chi connectivity index (χ1) is 9.37. The summed E-state index contributed by atoms with van der Waals surface area (Å²) in [5.41, 5.74) is 2.04. The maximum absolute atomic E-state index is 11.7. The standard InChI is InChI=1S/C16H24N2O2/c1-16(2,3)18-15(20)9-10-17-13-8-7-12-11(13)5-4-6-14(12)19/h4-6,13,17,19H,7-10H2,1-3H3,(H,18,20). The summed E-state index contributed by atoms with van der Waals surface area (Å²) in [6.07, 6.45) is 2.35. The number of carbonyl (C=O) groups is 1. The van der Waals surface area contributed by atoms with Gasteiger partial charge in [0.1, 0.15) is 5.75 Å². The third kappa shape index (κ3) is 3.73. The van der Waals surface area contributed by atoms with Crippen LogP contribution in [-0.4, -0.2) is 23.1 Å². The van der Waals surface area contributed by atoms with Gasteiger partial charge in [0.25, 0.3) is 0 Å². The lowest BCUT2D eigenvalue weighted by molar-refractivity contribution is -0.122. The molecular weight excluding hydrogens is 252 g/mol. The fourth-order valence-corrected chi connectivity index (χ4v) is 2.69. The predicted molar refractivity (Wildman–Crippen MR) is 79.7 cm³/mol. The van der Waals surface area contributed by atoms with Crippen LogP contribution in [0.5, 0.6) is 5.75 Å². The Labute approximate surface area is 120 Å². The molecule has 0 heterocycles. The molecule has 1 amide bonds. The molecule has 20 heavy (non-hydrogen) atoms. The lowest BCUT2D eigenvalue weighted by Gasteiger charge is -2.21. The van der Waals surface area contributed by atoms with Crippen LogP contribution in [-0.2, 0) is 11.2 Å². The van der Waals surface area contributed by atoms with E-state index in [9.17, 15) is 9.90 Å². The van der Waals surface area contributed by atoms with E-state index in [4.69, 9.17) is 0 Å². The molecule has 4 heteroatoms. The second kappa shape index (κ2) is 5.83. The minimum Gasteiger partial charge on any atom is -0.508 e. The molecule has 3 N–H and O–H groups in total. The van der Waals surface area contributed by atoms with Crippen molar-refractivity contribution in [2.24, 2.45) is 0 Å². The summed E-state index contributed by atoms with van der Waals surface area (Å²) < 4.78 is 0. The summed E-state index contributed by atoms with van der Waals surface area (Å²) in [5, 5.41) is 16.2. The van der Waals surface area contributed by atoms with E-state index in [2.05, 4.69) is 16.7 Å². The number of hydrogen-bond donors (Lipinski definition) is 3. The van der Waals surface area contributed by atoms with Gasteiger partial charge in [-0.3, -0.25) is 4.79 Å². The number of hydrogen-bond acceptors (Lipinski definition) is 3. The molecule has 1 aliphatic carbocycles. The summed E-state index contributed by atoms with van der Waals surface area (Å²) in [6.45, 7) is 6.60. The Bertz CT molecular complexity index is 492. The van der Waals surface area contributed by atoms with Crippen molar-refractivity contribution in [1.82, 2.24) is 10.6 Å². The van der Waals surface area contributed by atoms with E-state index in [-0.39, 0.29) is 17.5 Å². The number of amides is 1. The van der Waals surface area contributed by atoms with Crippen LogP contribution in [0.3, 0.4) is 0 Å². The van der Waals surface area contributed by atoms with Crippen LogP contribution >= 0.6 is 0 Å². The molecule has 0 aromatic heterocycles. The van der Waals surface area contributed by atoms with E-state index in [0.717, 1.165) is 18.4 Å². The minimum absolute atomic E-state index is 0.0686. The van der Waals surface area contributed by atoms with Gasteiger partial charge in [-0.25, -0.2) is 0 Å². The van der Waals surface area contributed by atoms with Gasteiger partial charge in [-0.05, 0) is 50.8 Å². The van der Waals surface area contributed by atoms with E-state index in [1.807, 2.05) is 26.8 Å². The number of phenols is 1. The average Bonchev–Trinajstić information content (AvgIpc) is 2.72. The van der Waals surface area contributed by atoms with Crippen molar-refractivity contribution >= 4 is 5.91 Å². The Morgan fingerprint density at radius 3 is 2.85 bits per heavy atom. The van der Waals surface area contributed by atoms with Crippen molar-refractivity contribution in [2.75, 3.05) is 6.54 Å². The summed E-state index contributed by atoms with van der Waals surface area (Å²) in [4.78, 5) is 11.7. The quantitative estimate of drug-likeness (QED) is 0.790. The highest BCUT2D eigenvalue weighted by Gasteiger charge is 2.24. The third-order valence-electron chi connectivity index (χ3n) is 3.50. The average molecular weight is 276 g/mol. The molecule has 0 radical (unpaired) electrons. The fraction of sp³-hybridized carbons (Fsp3) is 0.562. The maximum atomic E-state index is 11.7. The topological polar surface area (TPSA) is 61.4 Å². The van der Waals surface area contributed by atoms with E-state index >= 15 is 0 Å². The highest BCUT2D eigenvalue weighted by Crippen LogP contribution is 2.36. The van der Waals surface area contributed by atoms with Gasteiger partial charge in [0, 0.05) is 24.5 Å². The molecule has 1 atom stereocenters. The van der Waals surface area contributed by atoms with Gasteiger partial charge in [0.2, 0.25) is 5.91 Å². The molecular formula is C16H24N2O2. The first kappa shape index (κ1) is 14.9. The normalized spacial score (nSPS) is 17.9. The molecule has 0 saturated carbocycles. The van der Waals surface area contributed by atoms with Crippen LogP contribution in [0.4, 0.5) is 0 Å². The van der Waals surface area contributed by atoms with Crippen molar-refractivity contribution in [3.05, 3.63) is 29.3 Å². The smallest absolute Gasteiger partial charge is 0.221 e. The zero-order valence-electron chi connectivity index (χ0n) is 12.5. The molecule has 0 fully saturated rings. The monoisotopic (exact) mass is 276 g/mol. The second-order valence-electron chi connectivity index (χ2n) is 6.44. The second-order valence-corrected chi connectivity index (χ2v) is 6.44. The van der Waals surface area contributed by atoms with Crippen LogP contribution in [0.25, 0.3) is 0 Å². The first-order valence-electron chi connectivity index (χ1n) is 7.22. The molecule has 1 aromatic carbocycles. The zero-order chi connectivity index (χ0) is 14.8. The largest absolute Gasteiger partial charge is 0.508 e. The van der Waals surface area contributed by atoms with Crippen LogP contribution in [0.1, 0.15) is 50.8 Å². The first-order valence-corrected chi connectivity index (χ1v) is 7.22. The van der Waals surface area contributed by atoms with E-state index in [0.29, 0.717) is 18.7 Å². The van der Waals surface area contributed by atoms with Gasteiger partial charge in [-0.15, -0.1) is 0 Å². The number of fused-ring (bicyclic) bond motifs is 1. The lowest BCUT2D eigenvalue weighted by atomic mass is 10.1. The van der Waals surface area contributed by atoms with E-state index in [1.54, 1.807) is 6.07 Å². The number of rotatable bonds is 4. The number of carbonyl (C=O) groups excluding carboxylic acids is 1. The summed E-state index contributed by atoms with van der Waals surface area (Å²) in [6, 6.07) is 5.91. The van der Waals surface area contributed by atoms with Crippen LogP contribution in [0.2, 0.25) is 0 Å². The lowest BCUT2D eigenvalue weighted by Crippen LogP contribution is -2.41. The number of nitrogens with one attached hydrogen (secondary N) is 2. The van der Waals surface area contributed by atoms with Gasteiger partial charge in [0.15, 0.2) is 0 Å². The zero-order valence-corrected chi connectivity index (χ0v) is 12.5. The molecule has 1 unspecified atom stereocenters. The van der Waals surface area contributed by atoms with Crippen LogP contribution in [0, 0.1) is 0 Å². The Kier molecular flexibility index (Phi) is 4.33. The molecule has 0 spiro atoms.